The van der Waals surface area contributed by atoms with Crippen molar-refractivity contribution in [2.75, 3.05) is 0 Å². The van der Waals surface area contributed by atoms with Crippen molar-refractivity contribution in [3.8, 4) is 0 Å². The molecule has 0 saturated heterocycles. The van der Waals surface area contributed by atoms with Crippen molar-refractivity contribution in [3.63, 3.8) is 0 Å². The molecule has 0 aromatic rings. The van der Waals surface area contributed by atoms with Crippen LogP contribution in [0.4, 0.5) is 0 Å². The third-order valence-corrected chi connectivity index (χ3v) is 4.13. The van der Waals surface area contributed by atoms with Crippen LogP contribution in [-0.4, -0.2) is 0 Å². The molecule has 3 unspecified atom stereocenters. The third kappa shape index (κ3) is 6.55. The van der Waals surface area contributed by atoms with Gasteiger partial charge in [-0.3, -0.25) is 0 Å². The Morgan fingerprint density at radius 2 is 1.56 bits per heavy atom. The van der Waals surface area contributed by atoms with Gasteiger partial charge < -0.3 is 0 Å². The highest BCUT2D eigenvalue weighted by atomic mass is 14.3. The zero-order valence-electron chi connectivity index (χ0n) is 12.6. The molecule has 0 saturated carbocycles. The van der Waals surface area contributed by atoms with Crippen molar-refractivity contribution in [3.05, 3.63) is 0 Å². The van der Waals surface area contributed by atoms with Crippen LogP contribution in [0.5, 0.6) is 0 Å². The Balaban J connectivity index is 4.04. The van der Waals surface area contributed by atoms with Gasteiger partial charge in [-0.2, -0.15) is 0 Å². The summed E-state index contributed by atoms with van der Waals surface area (Å²) >= 11 is 0. The Hall–Kier alpha value is 0. The van der Waals surface area contributed by atoms with Gasteiger partial charge in [-0.25, -0.2) is 0 Å². The van der Waals surface area contributed by atoms with E-state index in [-0.39, 0.29) is 0 Å². The van der Waals surface area contributed by atoms with E-state index in [1.54, 1.807) is 0 Å². The quantitative estimate of drug-likeness (QED) is 0.448. The summed E-state index contributed by atoms with van der Waals surface area (Å²) in [5.74, 6) is 1.82. The van der Waals surface area contributed by atoms with Crippen LogP contribution in [0, 0.1) is 17.3 Å². The van der Waals surface area contributed by atoms with Gasteiger partial charge in [0.15, 0.2) is 0 Å². The molecular formula is C16H34. The Kier molecular flexibility index (Phi) is 8.14. The van der Waals surface area contributed by atoms with Crippen molar-refractivity contribution < 1.29 is 0 Å². The van der Waals surface area contributed by atoms with Crippen molar-refractivity contribution >= 4 is 0 Å². The fraction of sp³-hybridized carbons (Fsp3) is 1.00. The monoisotopic (exact) mass is 226 g/mol. The van der Waals surface area contributed by atoms with Crippen LogP contribution in [-0.2, 0) is 0 Å². The topological polar surface area (TPSA) is 0 Å². The highest BCUT2D eigenvalue weighted by Gasteiger charge is 2.24. The Labute approximate surface area is 104 Å². The Morgan fingerprint density at radius 1 is 0.938 bits per heavy atom. The summed E-state index contributed by atoms with van der Waals surface area (Å²) < 4.78 is 0. The van der Waals surface area contributed by atoms with Crippen LogP contribution in [0.1, 0.15) is 86.5 Å². The van der Waals surface area contributed by atoms with Gasteiger partial charge in [0, 0.05) is 0 Å². The van der Waals surface area contributed by atoms with Gasteiger partial charge in [-0.15, -0.1) is 0 Å². The zero-order chi connectivity index (χ0) is 12.6. The molecule has 0 aromatic carbocycles. The fourth-order valence-electron chi connectivity index (χ4n) is 3.25. The average Bonchev–Trinajstić information content (AvgIpc) is 2.17. The second kappa shape index (κ2) is 8.14. The van der Waals surface area contributed by atoms with Crippen molar-refractivity contribution in [1.82, 2.24) is 0 Å². The maximum atomic E-state index is 2.48. The van der Waals surface area contributed by atoms with Crippen molar-refractivity contribution in [2.24, 2.45) is 17.3 Å². The van der Waals surface area contributed by atoms with E-state index in [1.807, 2.05) is 0 Å². The largest absolute Gasteiger partial charge is 0.0654 e. The first kappa shape index (κ1) is 16.0. The molecule has 0 amide bonds. The van der Waals surface area contributed by atoms with E-state index in [9.17, 15) is 0 Å². The number of rotatable bonds is 9. The third-order valence-electron chi connectivity index (χ3n) is 4.13. The summed E-state index contributed by atoms with van der Waals surface area (Å²) in [6, 6.07) is 0. The second-order valence-corrected chi connectivity index (χ2v) is 6.35. The molecule has 0 bridgehead atoms. The molecule has 0 aliphatic rings. The minimum atomic E-state index is 0.597. The summed E-state index contributed by atoms with van der Waals surface area (Å²) in [7, 11) is 0. The first-order valence-corrected chi connectivity index (χ1v) is 7.47. The summed E-state index contributed by atoms with van der Waals surface area (Å²) in [5, 5.41) is 0. The van der Waals surface area contributed by atoms with Crippen LogP contribution >= 0.6 is 0 Å². The SMILES string of the molecule is CCCC(C)CC(C)CC(C)(CC)CCC. The lowest BCUT2D eigenvalue weighted by Crippen LogP contribution is -2.19. The molecule has 0 nitrogen and oxygen atoms in total. The maximum Gasteiger partial charge on any atom is -0.0326 e. The smallest absolute Gasteiger partial charge is 0.0326 e. The minimum absolute atomic E-state index is 0.597. The van der Waals surface area contributed by atoms with Crippen LogP contribution in [0.3, 0.4) is 0 Å². The van der Waals surface area contributed by atoms with E-state index >= 15 is 0 Å². The first-order chi connectivity index (χ1) is 7.47. The molecule has 0 aliphatic carbocycles. The molecule has 16 heavy (non-hydrogen) atoms. The summed E-state index contributed by atoms with van der Waals surface area (Å²) in [4.78, 5) is 0. The molecule has 0 radical (unpaired) electrons. The maximum absolute atomic E-state index is 2.48. The fourth-order valence-corrected chi connectivity index (χ4v) is 3.25. The summed E-state index contributed by atoms with van der Waals surface area (Å²) in [5.41, 5.74) is 0.597. The van der Waals surface area contributed by atoms with Gasteiger partial charge in [0.2, 0.25) is 0 Å². The van der Waals surface area contributed by atoms with Crippen molar-refractivity contribution in [1.29, 1.82) is 0 Å². The van der Waals surface area contributed by atoms with E-state index in [1.165, 1.54) is 44.9 Å². The lowest BCUT2D eigenvalue weighted by atomic mass is 9.74. The lowest BCUT2D eigenvalue weighted by Gasteiger charge is -2.32. The van der Waals surface area contributed by atoms with E-state index < -0.39 is 0 Å². The van der Waals surface area contributed by atoms with Crippen molar-refractivity contribution in [2.45, 2.75) is 86.5 Å². The number of hydrogen-bond donors (Lipinski definition) is 0. The Bertz CT molecular complexity index is 161. The highest BCUT2D eigenvalue weighted by Crippen LogP contribution is 2.36. The van der Waals surface area contributed by atoms with Crippen LogP contribution in [0.25, 0.3) is 0 Å². The van der Waals surface area contributed by atoms with Gasteiger partial charge in [0.05, 0.1) is 0 Å². The van der Waals surface area contributed by atoms with Gasteiger partial charge in [-0.1, -0.05) is 67.2 Å². The predicted molar refractivity (Wildman–Crippen MR) is 75.8 cm³/mol. The molecule has 0 N–H and O–H groups in total. The molecule has 0 aliphatic heterocycles. The molecule has 0 aromatic heterocycles. The van der Waals surface area contributed by atoms with E-state index in [2.05, 4.69) is 41.5 Å². The molecule has 0 heteroatoms. The van der Waals surface area contributed by atoms with E-state index in [0.717, 1.165) is 11.8 Å². The molecular weight excluding hydrogens is 192 g/mol. The standard InChI is InChI=1S/C16H34/c1-7-10-14(4)12-15(5)13-16(6,9-3)11-8-2/h14-15H,7-13H2,1-6H3. The van der Waals surface area contributed by atoms with E-state index in [4.69, 9.17) is 0 Å². The average molecular weight is 226 g/mol. The first-order valence-electron chi connectivity index (χ1n) is 7.47. The van der Waals surface area contributed by atoms with Gasteiger partial charge in [0.25, 0.3) is 0 Å². The molecule has 0 heterocycles. The van der Waals surface area contributed by atoms with Crippen LogP contribution in [0.2, 0.25) is 0 Å². The molecule has 3 atom stereocenters. The number of hydrogen-bond acceptors (Lipinski definition) is 0. The van der Waals surface area contributed by atoms with Gasteiger partial charge in [-0.05, 0) is 36.5 Å². The molecule has 0 rings (SSSR count). The Morgan fingerprint density at radius 3 is 2.00 bits per heavy atom. The zero-order valence-corrected chi connectivity index (χ0v) is 12.6. The molecule has 0 fully saturated rings. The minimum Gasteiger partial charge on any atom is -0.0654 e. The van der Waals surface area contributed by atoms with Gasteiger partial charge in [0.1, 0.15) is 0 Å². The molecule has 0 spiro atoms. The molecule has 98 valence electrons. The summed E-state index contributed by atoms with van der Waals surface area (Å²) in [6.45, 7) is 14.3. The summed E-state index contributed by atoms with van der Waals surface area (Å²) in [6.07, 6.45) is 9.66. The van der Waals surface area contributed by atoms with Gasteiger partial charge >= 0.3 is 0 Å². The lowest BCUT2D eigenvalue weighted by molar-refractivity contribution is 0.199. The van der Waals surface area contributed by atoms with Crippen LogP contribution in [0.15, 0.2) is 0 Å². The highest BCUT2D eigenvalue weighted by molar-refractivity contribution is 4.75. The normalized spacial score (nSPS) is 19.1. The predicted octanol–water partition coefficient (Wildman–Crippen LogP) is 6.06. The van der Waals surface area contributed by atoms with E-state index in [0.29, 0.717) is 5.41 Å². The van der Waals surface area contributed by atoms with Crippen LogP contribution < -0.4 is 0 Å². The second-order valence-electron chi connectivity index (χ2n) is 6.35.